The van der Waals surface area contributed by atoms with Gasteiger partial charge < -0.3 is 19.7 Å². The van der Waals surface area contributed by atoms with Gasteiger partial charge in [0.05, 0.1) is 25.7 Å². The predicted molar refractivity (Wildman–Crippen MR) is 145 cm³/mol. The summed E-state index contributed by atoms with van der Waals surface area (Å²) in [7, 11) is -2.04. The number of nitrogens with zero attached hydrogens (tertiary/aromatic N) is 2. The van der Waals surface area contributed by atoms with Crippen molar-refractivity contribution in [3.8, 4) is 11.5 Å². The maximum absolute atomic E-state index is 13.4. The highest BCUT2D eigenvalue weighted by Gasteiger charge is 2.29. The van der Waals surface area contributed by atoms with Gasteiger partial charge in [0.2, 0.25) is 21.8 Å². The third-order valence-corrected chi connectivity index (χ3v) is 7.01. The highest BCUT2D eigenvalue weighted by atomic mass is 32.2. The molecule has 37 heavy (non-hydrogen) atoms. The summed E-state index contributed by atoms with van der Waals surface area (Å²) in [5.41, 5.74) is 1.29. The van der Waals surface area contributed by atoms with E-state index in [4.69, 9.17) is 9.47 Å². The molecule has 0 saturated carbocycles. The number of benzene rings is 2. The molecule has 9 nitrogen and oxygen atoms in total. The van der Waals surface area contributed by atoms with E-state index < -0.39 is 16.1 Å². The number of hydrogen-bond donors (Lipinski definition) is 1. The van der Waals surface area contributed by atoms with Crippen molar-refractivity contribution in [3.05, 3.63) is 54.1 Å². The smallest absolute Gasteiger partial charge is 0.242 e. The maximum atomic E-state index is 13.4. The number of carbonyl (C=O) groups is 2. The first-order chi connectivity index (χ1) is 17.7. The Labute approximate surface area is 220 Å². The first-order valence-corrected chi connectivity index (χ1v) is 14.4. The second kappa shape index (κ2) is 14.5. The lowest BCUT2D eigenvalue weighted by Crippen LogP contribution is -2.49. The maximum Gasteiger partial charge on any atom is 0.242 e. The van der Waals surface area contributed by atoms with Crippen LogP contribution in [0.25, 0.3) is 0 Å². The number of sulfonamides is 1. The number of rotatable bonds is 15. The van der Waals surface area contributed by atoms with E-state index in [1.165, 1.54) is 4.31 Å². The summed E-state index contributed by atoms with van der Waals surface area (Å²) in [6.07, 6.45) is 1.94. The largest absolute Gasteiger partial charge is 0.497 e. The van der Waals surface area contributed by atoms with E-state index in [9.17, 15) is 18.0 Å². The van der Waals surface area contributed by atoms with Crippen LogP contribution in [0.5, 0.6) is 11.5 Å². The van der Waals surface area contributed by atoms with Crippen LogP contribution in [-0.2, 0) is 26.2 Å². The van der Waals surface area contributed by atoms with Gasteiger partial charge in [-0.3, -0.25) is 13.9 Å². The molecule has 0 bridgehead atoms. The van der Waals surface area contributed by atoms with Crippen LogP contribution < -0.4 is 19.1 Å². The molecule has 0 saturated heterocycles. The van der Waals surface area contributed by atoms with Gasteiger partial charge >= 0.3 is 0 Å². The van der Waals surface area contributed by atoms with E-state index in [1.807, 2.05) is 45.0 Å². The Morgan fingerprint density at radius 2 is 1.70 bits per heavy atom. The van der Waals surface area contributed by atoms with E-state index in [0.29, 0.717) is 36.8 Å². The minimum Gasteiger partial charge on any atom is -0.497 e. The molecule has 0 aromatic heterocycles. The number of hydrogen-bond acceptors (Lipinski definition) is 6. The average Bonchev–Trinajstić information content (AvgIpc) is 2.87. The highest BCUT2D eigenvalue weighted by Crippen LogP contribution is 2.30. The Bertz CT molecular complexity index is 1120. The van der Waals surface area contributed by atoms with Crippen molar-refractivity contribution in [3.63, 3.8) is 0 Å². The molecule has 2 rings (SSSR count). The van der Waals surface area contributed by atoms with Crippen molar-refractivity contribution >= 4 is 27.5 Å². The number of nitrogens with one attached hydrogen (secondary N) is 1. The van der Waals surface area contributed by atoms with Crippen LogP contribution in [-0.4, -0.2) is 64.2 Å². The molecule has 0 aliphatic carbocycles. The number of likely N-dealkylation sites (N-methyl/N-ethyl adjacent to an activating group) is 1. The molecule has 0 fully saturated rings. The molecular weight excluding hydrogens is 494 g/mol. The molecule has 0 aliphatic rings. The summed E-state index contributed by atoms with van der Waals surface area (Å²) < 4.78 is 37.3. The van der Waals surface area contributed by atoms with Gasteiger partial charge in [0.1, 0.15) is 17.5 Å². The number of methoxy groups -OCH3 is 1. The molecule has 1 atom stereocenters. The third-order valence-electron chi connectivity index (χ3n) is 5.83. The van der Waals surface area contributed by atoms with Gasteiger partial charge in [0, 0.05) is 26.1 Å². The SMILES string of the molecule is CCNC(=O)[C@H](CC)N(Cc1ccc(OC)cc1)C(=O)CCCN(c1ccccc1OCC)S(C)(=O)=O. The van der Waals surface area contributed by atoms with Gasteiger partial charge in [0.25, 0.3) is 0 Å². The monoisotopic (exact) mass is 533 g/mol. The van der Waals surface area contributed by atoms with Crippen molar-refractivity contribution in [2.75, 3.05) is 37.4 Å². The molecule has 204 valence electrons. The van der Waals surface area contributed by atoms with Gasteiger partial charge in [-0.05, 0) is 56.5 Å². The van der Waals surface area contributed by atoms with Crippen molar-refractivity contribution in [2.24, 2.45) is 0 Å². The quantitative estimate of drug-likeness (QED) is 0.375. The lowest BCUT2D eigenvalue weighted by atomic mass is 10.1. The minimum absolute atomic E-state index is 0.0783. The standard InChI is InChI=1S/C27H39N3O6S/c1-6-23(27(32)28-7-2)29(20-21-15-17-22(35-4)18-16-21)26(31)14-11-19-30(37(5,33)34)24-12-9-10-13-25(24)36-8-3/h9-10,12-13,15-18,23H,6-8,11,14,19-20H2,1-5H3,(H,28,32)/t23-/m0/s1. The van der Waals surface area contributed by atoms with Crippen LogP contribution in [0.3, 0.4) is 0 Å². The third kappa shape index (κ3) is 8.66. The Morgan fingerprint density at radius 1 is 1.03 bits per heavy atom. The Morgan fingerprint density at radius 3 is 2.27 bits per heavy atom. The molecule has 0 spiro atoms. The molecule has 2 amide bonds. The predicted octanol–water partition coefficient (Wildman–Crippen LogP) is 3.58. The van der Waals surface area contributed by atoms with Gasteiger partial charge in [-0.25, -0.2) is 8.42 Å². The number of anilines is 1. The molecule has 2 aromatic carbocycles. The fourth-order valence-corrected chi connectivity index (χ4v) is 5.03. The van der Waals surface area contributed by atoms with Crippen molar-refractivity contribution < 1.29 is 27.5 Å². The zero-order valence-corrected chi connectivity index (χ0v) is 23.2. The minimum atomic E-state index is -3.62. The zero-order valence-electron chi connectivity index (χ0n) is 22.4. The molecule has 0 heterocycles. The molecule has 0 radical (unpaired) electrons. The number of ether oxygens (including phenoxy) is 2. The summed E-state index contributed by atoms with van der Waals surface area (Å²) in [4.78, 5) is 27.8. The normalized spacial score (nSPS) is 11.9. The van der Waals surface area contributed by atoms with Crippen LogP contribution in [0, 0.1) is 0 Å². The van der Waals surface area contributed by atoms with E-state index >= 15 is 0 Å². The lowest BCUT2D eigenvalue weighted by Gasteiger charge is -2.31. The molecular formula is C27H39N3O6S. The fourth-order valence-electron chi connectivity index (χ4n) is 4.06. The van der Waals surface area contributed by atoms with Crippen LogP contribution in [0.1, 0.15) is 45.6 Å². The summed E-state index contributed by atoms with van der Waals surface area (Å²) in [5, 5.41) is 2.82. The van der Waals surface area contributed by atoms with Gasteiger partial charge in [-0.1, -0.05) is 31.2 Å². The molecule has 10 heteroatoms. The molecule has 0 aliphatic heterocycles. The van der Waals surface area contributed by atoms with Gasteiger partial charge in [-0.15, -0.1) is 0 Å². The van der Waals surface area contributed by atoms with Crippen LogP contribution in [0.2, 0.25) is 0 Å². The highest BCUT2D eigenvalue weighted by molar-refractivity contribution is 7.92. The van der Waals surface area contributed by atoms with Crippen molar-refractivity contribution in [1.82, 2.24) is 10.2 Å². The average molecular weight is 534 g/mol. The summed E-state index contributed by atoms with van der Waals surface area (Å²) in [6, 6.07) is 13.6. The van der Waals surface area contributed by atoms with Gasteiger partial charge in [-0.2, -0.15) is 0 Å². The van der Waals surface area contributed by atoms with E-state index in [2.05, 4.69) is 5.32 Å². The van der Waals surface area contributed by atoms with Crippen LogP contribution in [0.4, 0.5) is 5.69 Å². The first-order valence-electron chi connectivity index (χ1n) is 12.6. The van der Waals surface area contributed by atoms with Gasteiger partial charge in [0.15, 0.2) is 0 Å². The summed E-state index contributed by atoms with van der Waals surface area (Å²) in [5.74, 6) is 0.728. The van der Waals surface area contributed by atoms with E-state index in [0.717, 1.165) is 11.8 Å². The van der Waals surface area contributed by atoms with E-state index in [1.54, 1.807) is 36.3 Å². The van der Waals surface area contributed by atoms with Crippen LogP contribution >= 0.6 is 0 Å². The molecule has 1 N–H and O–H groups in total. The Balaban J connectivity index is 2.23. The molecule has 2 aromatic rings. The fraction of sp³-hybridized carbons (Fsp3) is 0.481. The summed E-state index contributed by atoms with van der Waals surface area (Å²) in [6.45, 7) is 6.74. The second-order valence-electron chi connectivity index (χ2n) is 8.53. The summed E-state index contributed by atoms with van der Waals surface area (Å²) >= 11 is 0. The van der Waals surface area contributed by atoms with E-state index in [-0.39, 0.29) is 37.7 Å². The number of para-hydroxylation sites is 2. The Hall–Kier alpha value is -3.27. The first kappa shape index (κ1) is 30.0. The number of amides is 2. The molecule has 0 unspecified atom stereocenters. The zero-order chi connectivity index (χ0) is 27.4. The van der Waals surface area contributed by atoms with Crippen LogP contribution in [0.15, 0.2) is 48.5 Å². The topological polar surface area (TPSA) is 105 Å². The lowest BCUT2D eigenvalue weighted by molar-refractivity contribution is -0.141. The Kier molecular flexibility index (Phi) is 11.7. The van der Waals surface area contributed by atoms with Crippen molar-refractivity contribution in [1.29, 1.82) is 0 Å². The second-order valence-corrected chi connectivity index (χ2v) is 10.4. The van der Waals surface area contributed by atoms with Crippen molar-refractivity contribution in [2.45, 2.75) is 52.6 Å². The number of carbonyl (C=O) groups excluding carboxylic acids is 2.